The van der Waals surface area contributed by atoms with E-state index in [0.29, 0.717) is 18.5 Å². The molecule has 0 aromatic carbocycles. The molecular formula is C13H16N4O. The molecule has 0 amide bonds. The van der Waals surface area contributed by atoms with Crippen LogP contribution in [0.15, 0.2) is 16.5 Å². The van der Waals surface area contributed by atoms with E-state index in [1.165, 1.54) is 18.4 Å². The van der Waals surface area contributed by atoms with Crippen LogP contribution in [0.3, 0.4) is 0 Å². The van der Waals surface area contributed by atoms with Crippen LogP contribution in [0.5, 0.6) is 0 Å². The number of pyridine rings is 1. The molecule has 18 heavy (non-hydrogen) atoms. The van der Waals surface area contributed by atoms with Crippen LogP contribution >= 0.6 is 0 Å². The van der Waals surface area contributed by atoms with Gasteiger partial charge in [-0.3, -0.25) is 4.98 Å². The summed E-state index contributed by atoms with van der Waals surface area (Å²) in [5.74, 6) is 1.26. The van der Waals surface area contributed by atoms with Crippen LogP contribution in [-0.2, 0) is 6.54 Å². The summed E-state index contributed by atoms with van der Waals surface area (Å²) >= 11 is 0. The molecule has 2 aromatic rings. The minimum atomic E-state index is 0.499. The van der Waals surface area contributed by atoms with Crippen molar-refractivity contribution in [1.82, 2.24) is 15.2 Å². The van der Waals surface area contributed by atoms with Gasteiger partial charge in [-0.15, -0.1) is 5.10 Å². The molecule has 3 rings (SSSR count). The molecule has 5 nitrogen and oxygen atoms in total. The smallest absolute Gasteiger partial charge is 0.315 e. The van der Waals surface area contributed by atoms with Gasteiger partial charge in [-0.1, -0.05) is 5.10 Å². The van der Waals surface area contributed by atoms with Crippen LogP contribution in [0, 0.1) is 13.8 Å². The fourth-order valence-electron chi connectivity index (χ4n) is 2.00. The Morgan fingerprint density at radius 1 is 1.22 bits per heavy atom. The van der Waals surface area contributed by atoms with Crippen molar-refractivity contribution < 1.29 is 4.42 Å². The Balaban J connectivity index is 1.65. The van der Waals surface area contributed by atoms with Crippen molar-refractivity contribution in [3.05, 3.63) is 35.0 Å². The molecule has 2 aromatic heterocycles. The third-order valence-corrected chi connectivity index (χ3v) is 2.95. The number of aromatic nitrogens is 3. The second-order valence-electron chi connectivity index (χ2n) is 4.83. The molecule has 0 radical (unpaired) electrons. The number of nitrogens with one attached hydrogen (secondary N) is 1. The van der Waals surface area contributed by atoms with Gasteiger partial charge >= 0.3 is 6.01 Å². The lowest BCUT2D eigenvalue weighted by atomic mass is 10.2. The fraction of sp³-hybridized carbons (Fsp3) is 0.462. The first-order valence-corrected chi connectivity index (χ1v) is 6.22. The quantitative estimate of drug-likeness (QED) is 0.895. The zero-order chi connectivity index (χ0) is 12.5. The summed E-state index contributed by atoms with van der Waals surface area (Å²) in [4.78, 5) is 4.35. The lowest BCUT2D eigenvalue weighted by Crippen LogP contribution is -2.01. The van der Waals surface area contributed by atoms with Crippen LogP contribution in [0.4, 0.5) is 6.01 Å². The fourth-order valence-corrected chi connectivity index (χ4v) is 2.00. The molecule has 5 heteroatoms. The number of aryl methyl sites for hydroxylation is 2. The van der Waals surface area contributed by atoms with Gasteiger partial charge in [-0.25, -0.2) is 0 Å². The molecule has 2 heterocycles. The van der Waals surface area contributed by atoms with Crippen molar-refractivity contribution in [3.63, 3.8) is 0 Å². The summed E-state index contributed by atoms with van der Waals surface area (Å²) in [6.07, 6.45) is 2.34. The summed E-state index contributed by atoms with van der Waals surface area (Å²) in [5, 5.41) is 11.2. The lowest BCUT2D eigenvalue weighted by molar-refractivity contribution is 0.507. The molecular weight excluding hydrogens is 228 g/mol. The van der Waals surface area contributed by atoms with E-state index in [4.69, 9.17) is 4.42 Å². The molecule has 0 saturated heterocycles. The molecule has 0 spiro atoms. The van der Waals surface area contributed by atoms with E-state index in [9.17, 15) is 0 Å². The van der Waals surface area contributed by atoms with Crippen molar-refractivity contribution in [1.29, 1.82) is 0 Å². The van der Waals surface area contributed by atoms with Crippen LogP contribution in [0.2, 0.25) is 0 Å². The molecule has 0 aliphatic heterocycles. The van der Waals surface area contributed by atoms with Gasteiger partial charge in [-0.2, -0.15) is 0 Å². The van der Waals surface area contributed by atoms with Crippen molar-refractivity contribution in [3.8, 4) is 0 Å². The van der Waals surface area contributed by atoms with E-state index in [1.807, 2.05) is 13.8 Å². The Bertz CT molecular complexity index is 540. The molecule has 1 aliphatic rings. The average molecular weight is 244 g/mol. The van der Waals surface area contributed by atoms with Crippen LogP contribution < -0.4 is 5.32 Å². The predicted octanol–water partition coefficient (Wildman–Crippen LogP) is 2.57. The summed E-state index contributed by atoms with van der Waals surface area (Å²) in [5.41, 5.74) is 3.22. The highest BCUT2D eigenvalue weighted by molar-refractivity contribution is 5.26. The van der Waals surface area contributed by atoms with Crippen molar-refractivity contribution >= 4 is 6.01 Å². The molecule has 94 valence electrons. The topological polar surface area (TPSA) is 63.8 Å². The summed E-state index contributed by atoms with van der Waals surface area (Å²) in [6.45, 7) is 4.67. The summed E-state index contributed by atoms with van der Waals surface area (Å²) in [7, 11) is 0. The van der Waals surface area contributed by atoms with Gasteiger partial charge in [0.2, 0.25) is 5.89 Å². The Kier molecular flexibility index (Phi) is 2.74. The number of hydrogen-bond acceptors (Lipinski definition) is 5. The highest BCUT2D eigenvalue weighted by atomic mass is 16.4. The first-order chi connectivity index (χ1) is 8.70. The molecule has 1 fully saturated rings. The van der Waals surface area contributed by atoms with E-state index in [-0.39, 0.29) is 0 Å². The minimum Gasteiger partial charge on any atom is -0.408 e. The molecule has 1 aliphatic carbocycles. The van der Waals surface area contributed by atoms with E-state index < -0.39 is 0 Å². The van der Waals surface area contributed by atoms with Gasteiger partial charge < -0.3 is 9.73 Å². The lowest BCUT2D eigenvalue weighted by Gasteiger charge is -2.04. The standard InChI is InChI=1S/C13H16N4O/c1-8-5-10(6-9(2)15-8)7-14-13-17-16-12(18-13)11-3-4-11/h5-6,11H,3-4,7H2,1-2H3,(H,14,17). The zero-order valence-corrected chi connectivity index (χ0v) is 10.6. The van der Waals surface area contributed by atoms with E-state index in [1.54, 1.807) is 0 Å². The second kappa shape index (κ2) is 4.40. The second-order valence-corrected chi connectivity index (χ2v) is 4.83. The van der Waals surface area contributed by atoms with Gasteiger partial charge in [0.1, 0.15) is 0 Å². The first kappa shape index (κ1) is 11.2. The van der Waals surface area contributed by atoms with Gasteiger partial charge in [0, 0.05) is 23.9 Å². The molecule has 1 N–H and O–H groups in total. The maximum atomic E-state index is 5.54. The summed E-state index contributed by atoms with van der Waals surface area (Å²) in [6, 6.07) is 4.61. The van der Waals surface area contributed by atoms with E-state index >= 15 is 0 Å². The molecule has 0 bridgehead atoms. The number of hydrogen-bond donors (Lipinski definition) is 1. The Morgan fingerprint density at radius 3 is 2.61 bits per heavy atom. The third kappa shape index (κ3) is 2.50. The number of anilines is 1. The highest BCUT2D eigenvalue weighted by Gasteiger charge is 2.29. The number of nitrogens with zero attached hydrogens (tertiary/aromatic N) is 3. The van der Waals surface area contributed by atoms with Gasteiger partial charge in [0.05, 0.1) is 0 Å². The average Bonchev–Trinajstić information content (AvgIpc) is 3.05. The monoisotopic (exact) mass is 244 g/mol. The maximum absolute atomic E-state index is 5.54. The first-order valence-electron chi connectivity index (χ1n) is 6.22. The molecule has 1 saturated carbocycles. The van der Waals surface area contributed by atoms with Crippen LogP contribution in [0.25, 0.3) is 0 Å². The zero-order valence-electron chi connectivity index (χ0n) is 10.6. The predicted molar refractivity (Wildman–Crippen MR) is 67.3 cm³/mol. The SMILES string of the molecule is Cc1cc(CNc2nnc(C3CC3)o2)cc(C)n1. The third-order valence-electron chi connectivity index (χ3n) is 2.95. The van der Waals surface area contributed by atoms with Gasteiger partial charge in [0.15, 0.2) is 0 Å². The van der Waals surface area contributed by atoms with Crippen LogP contribution in [0.1, 0.15) is 41.6 Å². The summed E-state index contributed by atoms with van der Waals surface area (Å²) < 4.78 is 5.54. The van der Waals surface area contributed by atoms with Gasteiger partial charge in [-0.05, 0) is 44.4 Å². The molecule has 0 unspecified atom stereocenters. The Morgan fingerprint density at radius 2 is 1.94 bits per heavy atom. The largest absolute Gasteiger partial charge is 0.408 e. The van der Waals surface area contributed by atoms with Crippen LogP contribution in [-0.4, -0.2) is 15.2 Å². The minimum absolute atomic E-state index is 0.499. The Hall–Kier alpha value is -1.91. The van der Waals surface area contributed by atoms with Crippen molar-refractivity contribution in [2.24, 2.45) is 0 Å². The van der Waals surface area contributed by atoms with E-state index in [0.717, 1.165) is 17.3 Å². The number of rotatable bonds is 4. The van der Waals surface area contributed by atoms with Crippen molar-refractivity contribution in [2.75, 3.05) is 5.32 Å². The normalized spacial score (nSPS) is 14.8. The van der Waals surface area contributed by atoms with E-state index in [2.05, 4.69) is 32.6 Å². The Labute approximate surface area is 106 Å². The highest BCUT2D eigenvalue weighted by Crippen LogP contribution is 2.39. The maximum Gasteiger partial charge on any atom is 0.315 e. The van der Waals surface area contributed by atoms with Crippen molar-refractivity contribution in [2.45, 2.75) is 39.2 Å². The van der Waals surface area contributed by atoms with Gasteiger partial charge in [0.25, 0.3) is 0 Å². The molecule has 0 atom stereocenters.